The summed E-state index contributed by atoms with van der Waals surface area (Å²) >= 11 is 0. The maximum absolute atomic E-state index is 12.8. The van der Waals surface area contributed by atoms with E-state index in [2.05, 4.69) is 5.10 Å². The normalized spacial score (nSPS) is 18.1. The van der Waals surface area contributed by atoms with Gasteiger partial charge >= 0.3 is 0 Å². The van der Waals surface area contributed by atoms with Crippen LogP contribution in [0.25, 0.3) is 11.1 Å². The van der Waals surface area contributed by atoms with E-state index in [0.717, 1.165) is 24.0 Å². The minimum Gasteiger partial charge on any atom is -0.394 e. The Morgan fingerprint density at radius 3 is 2.54 bits per heavy atom. The zero-order valence-corrected chi connectivity index (χ0v) is 16.0. The number of piperazine rings is 1. The van der Waals surface area contributed by atoms with E-state index in [4.69, 9.17) is 5.11 Å². The number of benzene rings is 1. The van der Waals surface area contributed by atoms with Gasteiger partial charge in [0.2, 0.25) is 5.91 Å². The van der Waals surface area contributed by atoms with E-state index < -0.39 is 0 Å². The topological polar surface area (TPSA) is 78.7 Å². The molecule has 1 aromatic heterocycles. The molecule has 0 radical (unpaired) electrons. The highest BCUT2D eigenvalue weighted by Crippen LogP contribution is 2.25. The summed E-state index contributed by atoms with van der Waals surface area (Å²) < 4.78 is 1.68. The third-order valence-electron chi connectivity index (χ3n) is 5.74. The van der Waals surface area contributed by atoms with Crippen molar-refractivity contribution in [2.75, 3.05) is 26.2 Å². The number of aliphatic hydroxyl groups is 1. The van der Waals surface area contributed by atoms with E-state index >= 15 is 0 Å². The predicted octanol–water partition coefficient (Wildman–Crippen LogP) is 1.77. The molecule has 0 bridgehead atoms. The lowest BCUT2D eigenvalue weighted by atomic mass is 10.1. The summed E-state index contributed by atoms with van der Waals surface area (Å²) in [4.78, 5) is 29.0. The van der Waals surface area contributed by atoms with Gasteiger partial charge in [-0.05, 0) is 30.5 Å². The van der Waals surface area contributed by atoms with Gasteiger partial charge in [0.1, 0.15) is 6.54 Å². The number of aromatic nitrogens is 2. The Morgan fingerprint density at radius 2 is 1.86 bits per heavy atom. The predicted molar refractivity (Wildman–Crippen MR) is 105 cm³/mol. The van der Waals surface area contributed by atoms with Crippen molar-refractivity contribution >= 4 is 11.8 Å². The number of nitrogens with zero attached hydrogens (tertiary/aromatic N) is 4. The first-order valence-corrected chi connectivity index (χ1v) is 9.98. The van der Waals surface area contributed by atoms with Crippen LogP contribution in [0.2, 0.25) is 0 Å². The van der Waals surface area contributed by atoms with Crippen LogP contribution in [0.4, 0.5) is 0 Å². The van der Waals surface area contributed by atoms with Crippen LogP contribution in [0.3, 0.4) is 0 Å². The molecule has 2 aliphatic rings. The molecule has 28 heavy (non-hydrogen) atoms. The minimum absolute atomic E-state index is 0.0429. The Labute approximate surface area is 164 Å². The third-order valence-corrected chi connectivity index (χ3v) is 5.74. The summed E-state index contributed by atoms with van der Waals surface area (Å²) in [5, 5.41) is 13.2. The molecule has 0 atom stereocenters. The summed E-state index contributed by atoms with van der Waals surface area (Å²) in [6.07, 6.45) is 8.19. The molecule has 4 rings (SSSR count). The summed E-state index contributed by atoms with van der Waals surface area (Å²) in [5.74, 6) is -0.0265. The smallest absolute Gasteiger partial charge is 0.254 e. The van der Waals surface area contributed by atoms with Gasteiger partial charge in [0.25, 0.3) is 5.91 Å². The summed E-state index contributed by atoms with van der Waals surface area (Å²) in [5.41, 5.74) is 2.49. The number of rotatable bonds is 5. The van der Waals surface area contributed by atoms with E-state index in [-0.39, 0.29) is 25.0 Å². The monoisotopic (exact) mass is 382 g/mol. The molecule has 0 spiro atoms. The molecule has 2 heterocycles. The van der Waals surface area contributed by atoms with Crippen molar-refractivity contribution in [1.29, 1.82) is 0 Å². The molecular weight excluding hydrogens is 356 g/mol. The van der Waals surface area contributed by atoms with Gasteiger partial charge in [-0.3, -0.25) is 14.3 Å². The average molecular weight is 382 g/mol. The Balaban J connectivity index is 1.40. The number of hydrogen-bond acceptors (Lipinski definition) is 4. The van der Waals surface area contributed by atoms with Gasteiger partial charge in [-0.25, -0.2) is 0 Å². The fourth-order valence-corrected chi connectivity index (χ4v) is 4.19. The zero-order chi connectivity index (χ0) is 19.5. The van der Waals surface area contributed by atoms with Crippen molar-refractivity contribution in [3.05, 3.63) is 42.2 Å². The standard InChI is InChI=1S/C21H26N4O3/c26-12-11-24-14-18(13-22-24)16-5-7-17(8-6-16)21(28)23-9-10-25(20(27)15-23)19-3-1-2-4-19/h5-8,13-14,19,26H,1-4,9-12,15H2. The van der Waals surface area contributed by atoms with Crippen LogP contribution in [0.15, 0.2) is 36.7 Å². The third kappa shape index (κ3) is 3.80. The molecule has 2 fully saturated rings. The Kier molecular flexibility index (Phi) is 5.43. The number of carbonyl (C=O) groups is 2. The lowest BCUT2D eigenvalue weighted by molar-refractivity contribution is -0.137. The van der Waals surface area contributed by atoms with Crippen LogP contribution >= 0.6 is 0 Å². The van der Waals surface area contributed by atoms with E-state index in [1.54, 1.807) is 27.9 Å². The quantitative estimate of drug-likeness (QED) is 0.855. The molecule has 0 unspecified atom stereocenters. The fraction of sp³-hybridized carbons (Fsp3) is 0.476. The molecule has 2 aromatic rings. The van der Waals surface area contributed by atoms with Crippen molar-refractivity contribution in [1.82, 2.24) is 19.6 Å². The second-order valence-electron chi connectivity index (χ2n) is 7.55. The van der Waals surface area contributed by atoms with E-state index in [1.807, 2.05) is 23.2 Å². The number of hydrogen-bond donors (Lipinski definition) is 1. The van der Waals surface area contributed by atoms with E-state index in [0.29, 0.717) is 31.2 Å². The van der Waals surface area contributed by atoms with Gasteiger partial charge < -0.3 is 14.9 Å². The molecule has 7 heteroatoms. The van der Waals surface area contributed by atoms with Crippen molar-refractivity contribution in [3.8, 4) is 11.1 Å². The lowest BCUT2D eigenvalue weighted by Gasteiger charge is -2.37. The van der Waals surface area contributed by atoms with Gasteiger partial charge in [-0.1, -0.05) is 25.0 Å². The van der Waals surface area contributed by atoms with Gasteiger partial charge in [-0.15, -0.1) is 0 Å². The molecule has 1 aliphatic heterocycles. The number of aliphatic hydroxyl groups excluding tert-OH is 1. The zero-order valence-electron chi connectivity index (χ0n) is 16.0. The first kappa shape index (κ1) is 18.7. The van der Waals surface area contributed by atoms with Crippen LogP contribution in [-0.4, -0.2) is 68.8 Å². The highest BCUT2D eigenvalue weighted by atomic mass is 16.3. The maximum atomic E-state index is 12.8. The second kappa shape index (κ2) is 8.14. The Morgan fingerprint density at radius 1 is 1.11 bits per heavy atom. The summed E-state index contributed by atoms with van der Waals surface area (Å²) in [6, 6.07) is 7.76. The van der Waals surface area contributed by atoms with Gasteiger partial charge in [-0.2, -0.15) is 5.10 Å². The first-order chi connectivity index (χ1) is 13.7. The minimum atomic E-state index is -0.0954. The SMILES string of the molecule is O=C(c1ccc(-c2cnn(CCO)c2)cc1)N1CCN(C2CCCC2)C(=O)C1. The van der Waals surface area contributed by atoms with Gasteiger partial charge in [0, 0.05) is 36.5 Å². The van der Waals surface area contributed by atoms with Crippen LogP contribution in [-0.2, 0) is 11.3 Å². The highest BCUT2D eigenvalue weighted by Gasteiger charge is 2.33. The molecule has 2 amide bonds. The maximum Gasteiger partial charge on any atom is 0.254 e. The van der Waals surface area contributed by atoms with Gasteiger partial charge in [0.15, 0.2) is 0 Å². The Bertz CT molecular complexity index is 840. The molecule has 7 nitrogen and oxygen atoms in total. The summed E-state index contributed by atoms with van der Waals surface area (Å²) in [7, 11) is 0. The van der Waals surface area contributed by atoms with Crippen LogP contribution in [0, 0.1) is 0 Å². The van der Waals surface area contributed by atoms with Gasteiger partial charge in [0.05, 0.1) is 19.3 Å². The molecule has 1 N–H and O–H groups in total. The fourth-order valence-electron chi connectivity index (χ4n) is 4.19. The lowest BCUT2D eigenvalue weighted by Crippen LogP contribution is -2.54. The van der Waals surface area contributed by atoms with E-state index in [9.17, 15) is 9.59 Å². The number of amides is 2. The molecule has 1 saturated heterocycles. The van der Waals surface area contributed by atoms with Crippen LogP contribution in [0.5, 0.6) is 0 Å². The molecule has 1 saturated carbocycles. The van der Waals surface area contributed by atoms with Crippen molar-refractivity contribution in [2.45, 2.75) is 38.3 Å². The van der Waals surface area contributed by atoms with E-state index in [1.165, 1.54) is 12.8 Å². The summed E-state index contributed by atoms with van der Waals surface area (Å²) in [6.45, 7) is 1.90. The van der Waals surface area contributed by atoms with Crippen molar-refractivity contribution < 1.29 is 14.7 Å². The Hall–Kier alpha value is -2.67. The second-order valence-corrected chi connectivity index (χ2v) is 7.55. The van der Waals surface area contributed by atoms with Crippen LogP contribution in [0.1, 0.15) is 36.0 Å². The highest BCUT2D eigenvalue weighted by molar-refractivity contribution is 5.97. The van der Waals surface area contributed by atoms with Crippen LogP contribution < -0.4 is 0 Å². The molecule has 1 aromatic carbocycles. The number of carbonyl (C=O) groups excluding carboxylic acids is 2. The molecule has 148 valence electrons. The average Bonchev–Trinajstić information content (AvgIpc) is 3.40. The largest absolute Gasteiger partial charge is 0.394 e. The first-order valence-electron chi connectivity index (χ1n) is 9.98. The molecular formula is C21H26N4O3. The van der Waals surface area contributed by atoms with Crippen molar-refractivity contribution in [3.63, 3.8) is 0 Å². The van der Waals surface area contributed by atoms with Crippen molar-refractivity contribution in [2.24, 2.45) is 0 Å². The molecule has 1 aliphatic carbocycles.